The molecule has 2 saturated heterocycles. The minimum atomic E-state index is -0.288. The molecule has 0 unspecified atom stereocenters. The fraction of sp³-hybridized carbons (Fsp3) is 0.550. The number of carbonyl (C=O) groups is 3. The van der Waals surface area contributed by atoms with Gasteiger partial charge in [-0.15, -0.1) is 0 Å². The molecule has 2 heterocycles. The van der Waals surface area contributed by atoms with E-state index >= 15 is 0 Å². The van der Waals surface area contributed by atoms with Crippen LogP contribution in [0.3, 0.4) is 0 Å². The van der Waals surface area contributed by atoms with Crippen LogP contribution in [0.1, 0.15) is 33.1 Å². The zero-order valence-corrected chi connectivity index (χ0v) is 15.5. The fourth-order valence-electron chi connectivity index (χ4n) is 3.75. The topological polar surface area (TPSA) is 69.7 Å². The van der Waals surface area contributed by atoms with Crippen molar-refractivity contribution in [1.82, 2.24) is 10.2 Å². The summed E-state index contributed by atoms with van der Waals surface area (Å²) in [4.78, 5) is 40.8. The molecule has 26 heavy (non-hydrogen) atoms. The van der Waals surface area contributed by atoms with Crippen LogP contribution in [0.15, 0.2) is 30.3 Å². The molecule has 2 fully saturated rings. The van der Waals surface area contributed by atoms with Crippen LogP contribution in [0.25, 0.3) is 0 Å². The van der Waals surface area contributed by atoms with Crippen LogP contribution in [0.5, 0.6) is 0 Å². The van der Waals surface area contributed by atoms with Crippen molar-refractivity contribution in [3.63, 3.8) is 0 Å². The van der Waals surface area contributed by atoms with Crippen LogP contribution in [0.4, 0.5) is 5.69 Å². The van der Waals surface area contributed by atoms with E-state index in [1.54, 1.807) is 4.90 Å². The lowest BCUT2D eigenvalue weighted by Crippen LogP contribution is -2.46. The Labute approximate surface area is 154 Å². The average molecular weight is 357 g/mol. The number of nitrogens with zero attached hydrogens (tertiary/aromatic N) is 2. The van der Waals surface area contributed by atoms with Crippen LogP contribution in [0.2, 0.25) is 0 Å². The normalized spacial score (nSPS) is 21.3. The van der Waals surface area contributed by atoms with Gasteiger partial charge in [0.1, 0.15) is 0 Å². The van der Waals surface area contributed by atoms with Gasteiger partial charge in [0.2, 0.25) is 17.7 Å². The second-order valence-corrected chi connectivity index (χ2v) is 7.50. The summed E-state index contributed by atoms with van der Waals surface area (Å²) in [6.45, 7) is 5.52. The molecule has 0 aliphatic carbocycles. The van der Waals surface area contributed by atoms with Crippen molar-refractivity contribution in [2.24, 2.45) is 11.8 Å². The molecule has 3 amide bonds. The van der Waals surface area contributed by atoms with Crippen LogP contribution in [-0.4, -0.2) is 48.3 Å². The quantitative estimate of drug-likeness (QED) is 0.893. The van der Waals surface area contributed by atoms with Crippen LogP contribution >= 0.6 is 0 Å². The standard InChI is InChI=1S/C20H27N3O3/c1-14(2)21-19(25)15-8-10-22(11-9-15)20(26)16-12-18(24)23(13-16)17-6-4-3-5-7-17/h3-7,14-16H,8-13H2,1-2H3,(H,21,25)/t16-/m0/s1. The van der Waals surface area contributed by atoms with Gasteiger partial charge in [-0.3, -0.25) is 14.4 Å². The fourth-order valence-corrected chi connectivity index (χ4v) is 3.75. The summed E-state index contributed by atoms with van der Waals surface area (Å²) >= 11 is 0. The highest BCUT2D eigenvalue weighted by atomic mass is 16.2. The maximum absolute atomic E-state index is 12.8. The van der Waals surface area contributed by atoms with E-state index in [2.05, 4.69) is 5.32 Å². The third-order valence-electron chi connectivity index (χ3n) is 5.15. The van der Waals surface area contributed by atoms with E-state index in [0.29, 0.717) is 32.5 Å². The van der Waals surface area contributed by atoms with Gasteiger partial charge in [-0.05, 0) is 38.8 Å². The first-order chi connectivity index (χ1) is 12.5. The molecule has 1 aromatic rings. The maximum atomic E-state index is 12.8. The van der Waals surface area contributed by atoms with Gasteiger partial charge < -0.3 is 15.1 Å². The van der Waals surface area contributed by atoms with Gasteiger partial charge in [0.15, 0.2) is 0 Å². The number of hydrogen-bond donors (Lipinski definition) is 1. The minimum Gasteiger partial charge on any atom is -0.354 e. The summed E-state index contributed by atoms with van der Waals surface area (Å²) in [5.74, 6) is -0.185. The lowest BCUT2D eigenvalue weighted by atomic mass is 9.94. The van der Waals surface area contributed by atoms with Crippen molar-refractivity contribution in [3.05, 3.63) is 30.3 Å². The van der Waals surface area contributed by atoms with Crippen LogP contribution < -0.4 is 10.2 Å². The van der Waals surface area contributed by atoms with Gasteiger partial charge in [0.05, 0.1) is 5.92 Å². The second kappa shape index (κ2) is 7.89. The van der Waals surface area contributed by atoms with Crippen molar-refractivity contribution in [3.8, 4) is 0 Å². The summed E-state index contributed by atoms with van der Waals surface area (Å²) in [6.07, 6.45) is 1.64. The highest BCUT2D eigenvalue weighted by Crippen LogP contribution is 2.27. The molecule has 1 aromatic carbocycles. The molecule has 6 heteroatoms. The molecular formula is C20H27N3O3. The number of hydrogen-bond acceptors (Lipinski definition) is 3. The van der Waals surface area contributed by atoms with Crippen molar-refractivity contribution >= 4 is 23.4 Å². The first-order valence-electron chi connectivity index (χ1n) is 9.40. The summed E-state index contributed by atoms with van der Waals surface area (Å²) < 4.78 is 0. The maximum Gasteiger partial charge on any atom is 0.228 e. The highest BCUT2D eigenvalue weighted by Gasteiger charge is 2.38. The average Bonchev–Trinajstić information content (AvgIpc) is 3.03. The van der Waals surface area contributed by atoms with Gasteiger partial charge in [0, 0.05) is 43.7 Å². The molecule has 0 saturated carbocycles. The highest BCUT2D eigenvalue weighted by molar-refractivity contribution is 6.00. The number of rotatable bonds is 4. The van der Waals surface area contributed by atoms with Crippen LogP contribution in [0, 0.1) is 11.8 Å². The van der Waals surface area contributed by atoms with Gasteiger partial charge >= 0.3 is 0 Å². The molecule has 0 bridgehead atoms. The third-order valence-corrected chi connectivity index (χ3v) is 5.15. The van der Waals surface area contributed by atoms with E-state index in [0.717, 1.165) is 5.69 Å². The Bertz CT molecular complexity index is 666. The number of amides is 3. The van der Waals surface area contributed by atoms with Crippen molar-refractivity contribution in [1.29, 1.82) is 0 Å². The Morgan fingerprint density at radius 2 is 1.73 bits per heavy atom. The monoisotopic (exact) mass is 357 g/mol. The Balaban J connectivity index is 1.55. The molecule has 2 aliphatic heterocycles. The van der Waals surface area contributed by atoms with Gasteiger partial charge in [-0.2, -0.15) is 0 Å². The van der Waals surface area contributed by atoms with E-state index in [1.807, 2.05) is 49.1 Å². The van der Waals surface area contributed by atoms with Crippen molar-refractivity contribution < 1.29 is 14.4 Å². The molecule has 1 atom stereocenters. The molecule has 3 rings (SSSR count). The van der Waals surface area contributed by atoms with E-state index < -0.39 is 0 Å². The predicted molar refractivity (Wildman–Crippen MR) is 99.5 cm³/mol. The van der Waals surface area contributed by atoms with Crippen molar-refractivity contribution in [2.75, 3.05) is 24.5 Å². The predicted octanol–water partition coefficient (Wildman–Crippen LogP) is 1.80. The zero-order chi connectivity index (χ0) is 18.7. The molecular weight excluding hydrogens is 330 g/mol. The van der Waals surface area contributed by atoms with Gasteiger partial charge in [0.25, 0.3) is 0 Å². The number of para-hydroxylation sites is 1. The van der Waals surface area contributed by atoms with Gasteiger partial charge in [-0.25, -0.2) is 0 Å². The Hall–Kier alpha value is -2.37. The molecule has 6 nitrogen and oxygen atoms in total. The molecule has 0 spiro atoms. The van der Waals surface area contributed by atoms with E-state index in [-0.39, 0.29) is 42.0 Å². The lowest BCUT2D eigenvalue weighted by molar-refractivity contribution is -0.139. The summed E-state index contributed by atoms with van der Waals surface area (Å²) in [5.41, 5.74) is 0.844. The molecule has 0 aromatic heterocycles. The minimum absolute atomic E-state index is 0.000692. The largest absolute Gasteiger partial charge is 0.354 e. The Kier molecular flexibility index (Phi) is 5.59. The van der Waals surface area contributed by atoms with Crippen LogP contribution in [-0.2, 0) is 14.4 Å². The molecule has 140 valence electrons. The Morgan fingerprint density at radius 1 is 1.08 bits per heavy atom. The second-order valence-electron chi connectivity index (χ2n) is 7.50. The third kappa shape index (κ3) is 4.06. The number of benzene rings is 1. The number of carbonyl (C=O) groups excluding carboxylic acids is 3. The first kappa shape index (κ1) is 18.4. The molecule has 1 N–H and O–H groups in total. The molecule has 0 radical (unpaired) electrons. The van der Waals surface area contributed by atoms with E-state index in [9.17, 15) is 14.4 Å². The summed E-state index contributed by atoms with van der Waals surface area (Å²) in [6, 6.07) is 9.62. The van der Waals surface area contributed by atoms with E-state index in [4.69, 9.17) is 0 Å². The SMILES string of the molecule is CC(C)NC(=O)C1CCN(C(=O)[C@H]2CC(=O)N(c3ccccc3)C2)CC1. The zero-order valence-electron chi connectivity index (χ0n) is 15.5. The lowest BCUT2D eigenvalue weighted by Gasteiger charge is -2.33. The molecule has 2 aliphatic rings. The summed E-state index contributed by atoms with van der Waals surface area (Å²) in [7, 11) is 0. The smallest absolute Gasteiger partial charge is 0.228 e. The Morgan fingerprint density at radius 3 is 2.35 bits per heavy atom. The number of anilines is 1. The summed E-state index contributed by atoms with van der Waals surface area (Å²) in [5, 5.41) is 2.95. The van der Waals surface area contributed by atoms with Gasteiger partial charge in [-0.1, -0.05) is 18.2 Å². The first-order valence-corrected chi connectivity index (χ1v) is 9.40. The number of piperidine rings is 1. The van der Waals surface area contributed by atoms with Crippen molar-refractivity contribution in [2.45, 2.75) is 39.2 Å². The van der Waals surface area contributed by atoms with E-state index in [1.165, 1.54) is 0 Å². The number of likely N-dealkylation sites (tertiary alicyclic amines) is 1. The number of nitrogens with one attached hydrogen (secondary N) is 1.